The molecule has 1 aliphatic heterocycles. The Kier molecular flexibility index (Phi) is 9.82. The molecule has 3 unspecified atom stereocenters. The molecule has 1 fully saturated rings. The lowest BCUT2D eigenvalue weighted by Gasteiger charge is -2.39. The summed E-state index contributed by atoms with van der Waals surface area (Å²) in [6.07, 6.45) is 3.70. The van der Waals surface area contributed by atoms with Crippen molar-refractivity contribution in [3.05, 3.63) is 52.4 Å². The summed E-state index contributed by atoms with van der Waals surface area (Å²) in [5.74, 6) is 0.407. The predicted molar refractivity (Wildman–Crippen MR) is 151 cm³/mol. The molecule has 0 radical (unpaired) electrons. The van der Waals surface area contributed by atoms with Crippen LogP contribution in [0.1, 0.15) is 48.9 Å². The molecular formula is C27H38ClN5O5S. The number of ether oxygens (including phenoxy) is 1. The number of fused-ring (bicyclic) bond motifs is 1. The van der Waals surface area contributed by atoms with Gasteiger partial charge in [0.25, 0.3) is 10.1 Å². The van der Waals surface area contributed by atoms with Crippen molar-refractivity contribution in [1.29, 1.82) is 0 Å². The van der Waals surface area contributed by atoms with Gasteiger partial charge in [-0.3, -0.25) is 14.2 Å². The van der Waals surface area contributed by atoms with Crippen molar-refractivity contribution in [1.82, 2.24) is 19.8 Å². The summed E-state index contributed by atoms with van der Waals surface area (Å²) in [5.41, 5.74) is 3.16. The number of methoxy groups -OCH3 is 1. The second kappa shape index (κ2) is 12.9. The molecule has 1 N–H and O–H groups in total. The summed E-state index contributed by atoms with van der Waals surface area (Å²) in [4.78, 5) is 29.1. The summed E-state index contributed by atoms with van der Waals surface area (Å²) in [6.45, 7) is 7.27. The molecular weight excluding hydrogens is 542 g/mol. The van der Waals surface area contributed by atoms with Crippen LogP contribution in [0.5, 0.6) is 0 Å². The van der Waals surface area contributed by atoms with E-state index in [1.54, 1.807) is 25.6 Å². The summed E-state index contributed by atoms with van der Waals surface area (Å²) in [6, 6.07) is 7.03. The number of aromatic nitrogens is 2. The molecule has 1 aromatic carbocycles. The van der Waals surface area contributed by atoms with Crippen LogP contribution in [0.25, 0.3) is 0 Å². The van der Waals surface area contributed by atoms with Crippen molar-refractivity contribution in [3.8, 4) is 0 Å². The van der Waals surface area contributed by atoms with Crippen LogP contribution in [0, 0.1) is 0 Å². The molecule has 1 amide bonds. The monoisotopic (exact) mass is 579 g/mol. The Morgan fingerprint density at radius 1 is 1.21 bits per heavy atom. The van der Waals surface area contributed by atoms with Crippen LogP contribution in [0.4, 0.5) is 5.82 Å². The number of piperazine rings is 1. The summed E-state index contributed by atoms with van der Waals surface area (Å²) in [7, 11) is -2.59. The normalized spacial score (nSPS) is 19.3. The summed E-state index contributed by atoms with van der Waals surface area (Å²) in [5, 5.41) is 0.571. The minimum Gasteiger partial charge on any atom is -0.383 e. The average Bonchev–Trinajstić information content (AvgIpc) is 3.30. The van der Waals surface area contributed by atoms with E-state index in [0.29, 0.717) is 43.7 Å². The Morgan fingerprint density at radius 2 is 1.90 bits per heavy atom. The van der Waals surface area contributed by atoms with Crippen LogP contribution in [0.3, 0.4) is 0 Å². The van der Waals surface area contributed by atoms with Crippen molar-refractivity contribution < 1.29 is 22.5 Å². The van der Waals surface area contributed by atoms with Gasteiger partial charge < -0.3 is 14.5 Å². The van der Waals surface area contributed by atoms with Gasteiger partial charge in [0.15, 0.2) is 0 Å². The molecule has 1 aliphatic carbocycles. The van der Waals surface area contributed by atoms with Crippen molar-refractivity contribution >= 4 is 33.4 Å². The fourth-order valence-electron chi connectivity index (χ4n) is 5.56. The van der Waals surface area contributed by atoms with E-state index in [0.717, 1.165) is 29.9 Å². The van der Waals surface area contributed by atoms with Gasteiger partial charge in [-0.05, 0) is 43.4 Å². The summed E-state index contributed by atoms with van der Waals surface area (Å²) < 4.78 is 37.7. The van der Waals surface area contributed by atoms with Gasteiger partial charge in [-0.1, -0.05) is 30.7 Å². The molecule has 10 nitrogen and oxygen atoms in total. The first-order chi connectivity index (χ1) is 18.6. The Morgan fingerprint density at radius 3 is 2.54 bits per heavy atom. The SMILES string of the molecule is COCC(C)N(CCS(=O)(=O)O)CC(C(=O)N1CCN(c2ncnc3c2C(C)CC3)CC1)c1ccc(Cl)cc1. The first-order valence-electron chi connectivity index (χ1n) is 13.4. The molecule has 39 heavy (non-hydrogen) atoms. The minimum absolute atomic E-state index is 0.0280. The lowest BCUT2D eigenvalue weighted by atomic mass is 9.95. The first-order valence-corrected chi connectivity index (χ1v) is 15.4. The van der Waals surface area contributed by atoms with E-state index >= 15 is 0 Å². The lowest BCUT2D eigenvalue weighted by molar-refractivity contribution is -0.133. The Bertz CT molecular complexity index is 1240. The van der Waals surface area contributed by atoms with E-state index in [9.17, 15) is 17.8 Å². The minimum atomic E-state index is -4.17. The second-order valence-electron chi connectivity index (χ2n) is 10.5. The highest BCUT2D eigenvalue weighted by Gasteiger charge is 2.33. The van der Waals surface area contributed by atoms with Gasteiger partial charge in [0.1, 0.15) is 12.1 Å². The quantitative estimate of drug-likeness (QED) is 0.401. The topological polar surface area (TPSA) is 116 Å². The van der Waals surface area contributed by atoms with Gasteiger partial charge >= 0.3 is 0 Å². The molecule has 214 valence electrons. The number of nitrogens with zero attached hydrogens (tertiary/aromatic N) is 5. The first kappa shape index (κ1) is 29.7. The Balaban J connectivity index is 1.52. The van der Waals surface area contributed by atoms with E-state index in [-0.39, 0.29) is 25.0 Å². The van der Waals surface area contributed by atoms with Gasteiger partial charge in [0, 0.05) is 68.7 Å². The third-order valence-electron chi connectivity index (χ3n) is 7.80. The largest absolute Gasteiger partial charge is 0.383 e. The van der Waals surface area contributed by atoms with E-state index < -0.39 is 21.8 Å². The molecule has 1 aromatic heterocycles. The van der Waals surface area contributed by atoms with Crippen LogP contribution < -0.4 is 4.90 Å². The maximum absolute atomic E-state index is 14.0. The summed E-state index contributed by atoms with van der Waals surface area (Å²) >= 11 is 6.13. The van der Waals surface area contributed by atoms with E-state index in [1.807, 2.05) is 28.9 Å². The molecule has 4 rings (SSSR count). The number of rotatable bonds is 11. The fourth-order valence-corrected chi connectivity index (χ4v) is 6.15. The van der Waals surface area contributed by atoms with E-state index in [2.05, 4.69) is 21.8 Å². The number of hydrogen-bond acceptors (Lipinski definition) is 8. The van der Waals surface area contributed by atoms with Gasteiger partial charge in [0.05, 0.1) is 18.3 Å². The number of aryl methyl sites for hydroxylation is 1. The molecule has 3 atom stereocenters. The highest BCUT2D eigenvalue weighted by atomic mass is 35.5. The molecule has 2 aromatic rings. The predicted octanol–water partition coefficient (Wildman–Crippen LogP) is 2.84. The zero-order valence-corrected chi connectivity index (χ0v) is 24.4. The number of carbonyl (C=O) groups is 1. The van der Waals surface area contributed by atoms with Crippen molar-refractivity contribution in [2.75, 3.05) is 63.6 Å². The molecule has 0 bridgehead atoms. The molecule has 0 saturated carbocycles. The number of hydrogen-bond donors (Lipinski definition) is 1. The number of benzene rings is 1. The Labute approximate surface area is 236 Å². The Hall–Kier alpha value is -2.31. The van der Waals surface area contributed by atoms with Crippen LogP contribution in [-0.4, -0.2) is 103 Å². The van der Waals surface area contributed by atoms with Crippen LogP contribution in [-0.2, 0) is 26.1 Å². The third-order valence-corrected chi connectivity index (χ3v) is 8.75. The zero-order valence-electron chi connectivity index (χ0n) is 22.8. The smallest absolute Gasteiger partial charge is 0.266 e. The van der Waals surface area contributed by atoms with Crippen molar-refractivity contribution in [3.63, 3.8) is 0 Å². The van der Waals surface area contributed by atoms with E-state index in [4.69, 9.17) is 16.3 Å². The molecule has 1 saturated heterocycles. The molecule has 12 heteroatoms. The fraction of sp³-hybridized carbons (Fsp3) is 0.593. The van der Waals surface area contributed by atoms with Crippen LogP contribution in [0.2, 0.25) is 5.02 Å². The van der Waals surface area contributed by atoms with Crippen LogP contribution in [0.15, 0.2) is 30.6 Å². The highest BCUT2D eigenvalue weighted by molar-refractivity contribution is 7.85. The van der Waals surface area contributed by atoms with Crippen molar-refractivity contribution in [2.45, 2.75) is 44.6 Å². The molecule has 2 aliphatic rings. The molecule has 0 spiro atoms. The van der Waals surface area contributed by atoms with Crippen LogP contribution >= 0.6 is 11.6 Å². The van der Waals surface area contributed by atoms with Gasteiger partial charge in [0.2, 0.25) is 5.91 Å². The number of anilines is 1. The number of halogens is 1. The standard InChI is InChI=1S/C27H38ClN5O5S/c1-19-4-9-24-25(19)26(30-18-29-24)31-10-12-32(13-11-31)27(34)23(21-5-7-22(28)8-6-21)16-33(20(2)17-38-3)14-15-39(35,36)37/h5-8,18-20,23H,4,9-17H2,1-3H3,(H,35,36,37). The zero-order chi connectivity index (χ0) is 28.2. The van der Waals surface area contributed by atoms with Gasteiger partial charge in [-0.2, -0.15) is 8.42 Å². The maximum Gasteiger partial charge on any atom is 0.266 e. The molecule has 2 heterocycles. The third kappa shape index (κ3) is 7.46. The number of carbonyl (C=O) groups excluding carboxylic acids is 1. The average molecular weight is 580 g/mol. The number of amides is 1. The van der Waals surface area contributed by atoms with Crippen molar-refractivity contribution in [2.24, 2.45) is 0 Å². The van der Waals surface area contributed by atoms with E-state index in [1.165, 1.54) is 5.56 Å². The maximum atomic E-state index is 14.0. The van der Waals surface area contributed by atoms with Gasteiger partial charge in [-0.15, -0.1) is 0 Å². The lowest BCUT2D eigenvalue weighted by Crippen LogP contribution is -2.52. The highest BCUT2D eigenvalue weighted by Crippen LogP contribution is 2.37. The van der Waals surface area contributed by atoms with Gasteiger partial charge in [-0.25, -0.2) is 9.97 Å². The second-order valence-corrected chi connectivity index (χ2v) is 12.5.